The van der Waals surface area contributed by atoms with Crippen molar-refractivity contribution in [3.63, 3.8) is 0 Å². The van der Waals surface area contributed by atoms with Crippen LogP contribution in [0.25, 0.3) is 5.57 Å². The summed E-state index contributed by atoms with van der Waals surface area (Å²) in [6.07, 6.45) is 1.75. The van der Waals surface area contributed by atoms with Crippen LogP contribution in [-0.2, 0) is 4.79 Å². The average Bonchev–Trinajstić information content (AvgIpc) is 2.67. The Morgan fingerprint density at radius 2 is 2.07 bits per heavy atom. The molecule has 0 aliphatic carbocycles. The lowest BCUT2D eigenvalue weighted by Gasteiger charge is -2.08. The summed E-state index contributed by atoms with van der Waals surface area (Å²) in [7, 11) is 0. The molecule has 0 fully saturated rings. The molecule has 0 saturated carbocycles. The third-order valence-corrected chi connectivity index (χ3v) is 2.68. The maximum atomic E-state index is 10.9. The fourth-order valence-corrected chi connectivity index (χ4v) is 1.77. The van der Waals surface area contributed by atoms with Gasteiger partial charge in [0.15, 0.2) is 0 Å². The second kappa shape index (κ2) is 3.95. The first-order valence-electron chi connectivity index (χ1n) is 4.60. The van der Waals surface area contributed by atoms with Crippen LogP contribution >= 0.6 is 11.6 Å². The molecule has 1 unspecified atom stereocenters. The van der Waals surface area contributed by atoms with Crippen molar-refractivity contribution in [2.24, 2.45) is 5.92 Å². The van der Waals surface area contributed by atoms with E-state index in [9.17, 15) is 4.79 Å². The number of carbonyl (C=O) groups is 1. The lowest BCUT2D eigenvalue weighted by atomic mass is 9.96. The van der Waals surface area contributed by atoms with E-state index in [0.29, 0.717) is 11.6 Å². The fourth-order valence-electron chi connectivity index (χ4n) is 1.64. The predicted octanol–water partition coefficient (Wildman–Crippen LogP) is 1.98. The average molecular weight is 224 g/mol. The normalized spacial score (nSPS) is 19.5. The Bertz CT molecular complexity index is 411. The number of benzene rings is 1. The molecule has 0 bridgehead atoms. The van der Waals surface area contributed by atoms with Gasteiger partial charge in [0.05, 0.1) is 0 Å². The molecule has 3 nitrogen and oxygen atoms in total. The highest BCUT2D eigenvalue weighted by Crippen LogP contribution is 2.27. The van der Waals surface area contributed by atoms with E-state index < -0.39 is 11.9 Å². The van der Waals surface area contributed by atoms with Gasteiger partial charge in [0.25, 0.3) is 0 Å². The zero-order valence-electron chi connectivity index (χ0n) is 7.90. The van der Waals surface area contributed by atoms with Gasteiger partial charge in [-0.05, 0) is 23.3 Å². The summed E-state index contributed by atoms with van der Waals surface area (Å²) in [6, 6.07) is 7.18. The summed E-state index contributed by atoms with van der Waals surface area (Å²) in [5.41, 5.74) is 1.70. The van der Waals surface area contributed by atoms with E-state index in [1.807, 2.05) is 12.1 Å². The summed E-state index contributed by atoms with van der Waals surface area (Å²) in [5, 5.41) is 12.6. The van der Waals surface area contributed by atoms with Gasteiger partial charge in [-0.2, -0.15) is 0 Å². The van der Waals surface area contributed by atoms with E-state index >= 15 is 0 Å². The van der Waals surface area contributed by atoms with Gasteiger partial charge in [-0.1, -0.05) is 23.7 Å². The van der Waals surface area contributed by atoms with Gasteiger partial charge in [0.1, 0.15) is 5.92 Å². The van der Waals surface area contributed by atoms with E-state index in [4.69, 9.17) is 16.7 Å². The number of carboxylic acid groups (broad SMARTS) is 1. The molecule has 1 aliphatic rings. The Labute approximate surface area is 92.4 Å². The lowest BCUT2D eigenvalue weighted by molar-refractivity contribution is -0.139. The zero-order chi connectivity index (χ0) is 10.8. The van der Waals surface area contributed by atoms with Crippen molar-refractivity contribution in [1.82, 2.24) is 5.32 Å². The monoisotopic (exact) mass is 223 g/mol. The molecular formula is C11H10ClNO2. The van der Waals surface area contributed by atoms with Crippen LogP contribution in [0.2, 0.25) is 5.02 Å². The third kappa shape index (κ3) is 1.97. The first-order valence-corrected chi connectivity index (χ1v) is 4.98. The van der Waals surface area contributed by atoms with E-state index in [0.717, 1.165) is 11.1 Å². The first kappa shape index (κ1) is 10.1. The number of halogens is 1. The fraction of sp³-hybridized carbons (Fsp3) is 0.182. The second-order valence-corrected chi connectivity index (χ2v) is 3.84. The summed E-state index contributed by atoms with van der Waals surface area (Å²) in [4.78, 5) is 10.9. The molecule has 0 radical (unpaired) electrons. The Morgan fingerprint density at radius 3 is 2.67 bits per heavy atom. The smallest absolute Gasteiger partial charge is 0.312 e. The van der Waals surface area contributed by atoms with Crippen molar-refractivity contribution in [1.29, 1.82) is 0 Å². The quantitative estimate of drug-likeness (QED) is 0.806. The number of hydrogen-bond acceptors (Lipinski definition) is 2. The molecule has 1 atom stereocenters. The third-order valence-electron chi connectivity index (χ3n) is 2.43. The minimum Gasteiger partial charge on any atom is -0.481 e. The number of aliphatic carboxylic acids is 1. The van der Waals surface area contributed by atoms with Crippen molar-refractivity contribution in [2.75, 3.05) is 6.54 Å². The highest BCUT2D eigenvalue weighted by molar-refractivity contribution is 6.30. The number of carboxylic acids is 1. The van der Waals surface area contributed by atoms with Crippen molar-refractivity contribution >= 4 is 23.1 Å². The van der Waals surface area contributed by atoms with Gasteiger partial charge < -0.3 is 10.4 Å². The summed E-state index contributed by atoms with van der Waals surface area (Å²) < 4.78 is 0. The van der Waals surface area contributed by atoms with Gasteiger partial charge in [-0.25, -0.2) is 0 Å². The zero-order valence-corrected chi connectivity index (χ0v) is 8.66. The van der Waals surface area contributed by atoms with E-state index in [2.05, 4.69) is 5.32 Å². The Balaban J connectivity index is 2.30. The largest absolute Gasteiger partial charge is 0.481 e. The molecule has 15 heavy (non-hydrogen) atoms. The molecule has 1 heterocycles. The van der Waals surface area contributed by atoms with Gasteiger partial charge in [-0.3, -0.25) is 4.79 Å². The van der Waals surface area contributed by atoms with Crippen molar-refractivity contribution in [3.8, 4) is 0 Å². The minimum absolute atomic E-state index is 0.452. The van der Waals surface area contributed by atoms with Crippen LogP contribution in [0, 0.1) is 5.92 Å². The molecule has 1 aromatic carbocycles. The molecule has 1 aromatic rings. The molecular weight excluding hydrogens is 214 g/mol. The van der Waals surface area contributed by atoms with Crippen LogP contribution in [0.15, 0.2) is 30.5 Å². The molecule has 0 aromatic heterocycles. The van der Waals surface area contributed by atoms with Crippen LogP contribution < -0.4 is 5.32 Å². The Morgan fingerprint density at radius 1 is 1.40 bits per heavy atom. The maximum absolute atomic E-state index is 10.9. The highest BCUT2D eigenvalue weighted by atomic mass is 35.5. The lowest BCUT2D eigenvalue weighted by Crippen LogP contribution is -2.19. The van der Waals surface area contributed by atoms with Crippen LogP contribution in [-0.4, -0.2) is 17.6 Å². The van der Waals surface area contributed by atoms with E-state index in [-0.39, 0.29) is 0 Å². The predicted molar refractivity (Wildman–Crippen MR) is 58.6 cm³/mol. The molecule has 78 valence electrons. The van der Waals surface area contributed by atoms with Gasteiger partial charge in [-0.15, -0.1) is 0 Å². The number of rotatable bonds is 2. The highest BCUT2D eigenvalue weighted by Gasteiger charge is 2.26. The molecule has 4 heteroatoms. The molecule has 2 N–H and O–H groups in total. The summed E-state index contributed by atoms with van der Waals surface area (Å²) in [6.45, 7) is 0.452. The SMILES string of the molecule is O=C(O)C1CNC=C1c1ccc(Cl)cc1. The number of nitrogens with one attached hydrogen (secondary N) is 1. The van der Waals surface area contributed by atoms with Crippen LogP contribution in [0.1, 0.15) is 5.56 Å². The molecule has 1 aliphatic heterocycles. The maximum Gasteiger partial charge on any atom is 0.312 e. The van der Waals surface area contributed by atoms with Crippen molar-refractivity contribution in [3.05, 3.63) is 41.1 Å². The Hall–Kier alpha value is -1.48. The first-order chi connectivity index (χ1) is 7.18. The standard InChI is InChI=1S/C11H10ClNO2/c12-8-3-1-7(2-4-8)9-5-13-6-10(9)11(14)15/h1-5,10,13H,6H2,(H,14,15). The van der Waals surface area contributed by atoms with E-state index in [1.165, 1.54) is 0 Å². The summed E-state index contributed by atoms with van der Waals surface area (Å²) >= 11 is 5.77. The van der Waals surface area contributed by atoms with Crippen LogP contribution in [0.3, 0.4) is 0 Å². The molecule has 0 spiro atoms. The van der Waals surface area contributed by atoms with E-state index in [1.54, 1.807) is 18.3 Å². The van der Waals surface area contributed by atoms with Gasteiger partial charge in [0.2, 0.25) is 0 Å². The van der Waals surface area contributed by atoms with Crippen molar-refractivity contribution in [2.45, 2.75) is 0 Å². The topological polar surface area (TPSA) is 49.3 Å². The Kier molecular flexibility index (Phi) is 2.64. The molecule has 0 saturated heterocycles. The second-order valence-electron chi connectivity index (χ2n) is 3.41. The molecule has 2 rings (SSSR count). The van der Waals surface area contributed by atoms with Gasteiger partial charge in [0, 0.05) is 17.8 Å². The minimum atomic E-state index is -0.804. The van der Waals surface area contributed by atoms with Crippen molar-refractivity contribution < 1.29 is 9.90 Å². The molecule has 0 amide bonds. The number of hydrogen-bond donors (Lipinski definition) is 2. The van der Waals surface area contributed by atoms with Crippen LogP contribution in [0.5, 0.6) is 0 Å². The van der Waals surface area contributed by atoms with Gasteiger partial charge >= 0.3 is 5.97 Å². The van der Waals surface area contributed by atoms with Crippen LogP contribution in [0.4, 0.5) is 0 Å². The summed E-state index contributed by atoms with van der Waals surface area (Å²) in [5.74, 6) is -1.27.